The van der Waals surface area contributed by atoms with Crippen LogP contribution in [0.25, 0.3) is 10.9 Å². The third-order valence-corrected chi connectivity index (χ3v) is 3.65. The van der Waals surface area contributed by atoms with Crippen LogP contribution in [-0.4, -0.2) is 16.1 Å². The zero-order valence-electron chi connectivity index (χ0n) is 10.9. The Labute approximate surface area is 129 Å². The zero-order valence-corrected chi connectivity index (χ0v) is 12.5. The first-order valence-corrected chi connectivity index (χ1v) is 7.08. The van der Waals surface area contributed by atoms with Crippen LogP contribution in [0.1, 0.15) is 10.4 Å². The second-order valence-corrected chi connectivity index (χ2v) is 5.42. The molecular weight excluding hydrogens is 332 g/mol. The van der Waals surface area contributed by atoms with Crippen molar-refractivity contribution in [3.8, 4) is 0 Å². The molecule has 5 heteroatoms. The molecule has 0 radical (unpaired) electrons. The molecule has 2 aromatic carbocycles. The Bertz CT molecular complexity index is 816. The number of fused-ring (bicyclic) bond motifs is 1. The van der Waals surface area contributed by atoms with Crippen molar-refractivity contribution in [2.75, 3.05) is 5.32 Å². The monoisotopic (exact) mass is 342 g/mol. The predicted octanol–water partition coefficient (Wildman–Crippen LogP) is 4.44. The summed E-state index contributed by atoms with van der Waals surface area (Å²) in [6.45, 7) is 0. The van der Waals surface area contributed by atoms with Crippen molar-refractivity contribution >= 4 is 44.2 Å². The van der Waals surface area contributed by atoms with Gasteiger partial charge in [-0.05, 0) is 30.3 Å². The van der Waals surface area contributed by atoms with Crippen molar-refractivity contribution in [3.63, 3.8) is 0 Å². The van der Waals surface area contributed by atoms with Gasteiger partial charge in [-0.15, -0.1) is 0 Å². The summed E-state index contributed by atoms with van der Waals surface area (Å²) in [6, 6.07) is 15.0. The van der Waals surface area contributed by atoms with Gasteiger partial charge in [-0.3, -0.25) is 4.98 Å². The molecule has 0 bridgehead atoms. The second kappa shape index (κ2) is 5.54. The SMILES string of the molecule is O=C(O)c1cnc2ccccc2c1Nc1ccc(Br)cc1. The standard InChI is InChI=1S/C16H11BrN2O2/c17-10-5-7-11(8-6-10)19-15-12-3-1-2-4-14(12)18-9-13(15)16(20)21/h1-9H,(H,18,19)(H,20,21). The molecule has 0 aliphatic carbocycles. The van der Waals surface area contributed by atoms with Crippen LogP contribution in [0.2, 0.25) is 0 Å². The number of benzene rings is 2. The fourth-order valence-electron chi connectivity index (χ4n) is 2.12. The van der Waals surface area contributed by atoms with E-state index in [2.05, 4.69) is 26.2 Å². The van der Waals surface area contributed by atoms with Crippen molar-refractivity contribution in [1.29, 1.82) is 0 Å². The van der Waals surface area contributed by atoms with E-state index >= 15 is 0 Å². The maximum Gasteiger partial charge on any atom is 0.339 e. The fourth-order valence-corrected chi connectivity index (χ4v) is 2.38. The number of carbonyl (C=O) groups is 1. The van der Waals surface area contributed by atoms with Crippen LogP contribution in [0.3, 0.4) is 0 Å². The van der Waals surface area contributed by atoms with Gasteiger partial charge in [-0.25, -0.2) is 4.79 Å². The number of aromatic carboxylic acids is 1. The van der Waals surface area contributed by atoms with Crippen molar-refractivity contribution < 1.29 is 9.90 Å². The van der Waals surface area contributed by atoms with E-state index < -0.39 is 5.97 Å². The molecule has 21 heavy (non-hydrogen) atoms. The molecule has 3 rings (SSSR count). The van der Waals surface area contributed by atoms with E-state index in [9.17, 15) is 9.90 Å². The number of hydrogen-bond acceptors (Lipinski definition) is 3. The van der Waals surface area contributed by atoms with Crippen LogP contribution in [0.15, 0.2) is 59.2 Å². The molecule has 0 aliphatic heterocycles. The van der Waals surface area contributed by atoms with Crippen LogP contribution in [0.5, 0.6) is 0 Å². The van der Waals surface area contributed by atoms with Gasteiger partial charge in [-0.1, -0.05) is 34.1 Å². The molecule has 1 heterocycles. The van der Waals surface area contributed by atoms with E-state index in [4.69, 9.17) is 0 Å². The predicted molar refractivity (Wildman–Crippen MR) is 86.1 cm³/mol. The highest BCUT2D eigenvalue weighted by atomic mass is 79.9. The Morgan fingerprint density at radius 3 is 2.52 bits per heavy atom. The van der Waals surface area contributed by atoms with E-state index in [0.29, 0.717) is 5.69 Å². The summed E-state index contributed by atoms with van der Waals surface area (Å²) in [5.74, 6) is -1.01. The van der Waals surface area contributed by atoms with Crippen molar-refractivity contribution in [2.24, 2.45) is 0 Å². The van der Waals surface area contributed by atoms with E-state index in [1.807, 2.05) is 48.5 Å². The maximum absolute atomic E-state index is 11.4. The first-order valence-electron chi connectivity index (χ1n) is 6.29. The lowest BCUT2D eigenvalue weighted by molar-refractivity contribution is 0.0697. The summed E-state index contributed by atoms with van der Waals surface area (Å²) < 4.78 is 0.964. The molecule has 0 amide bonds. The molecule has 4 nitrogen and oxygen atoms in total. The molecule has 0 unspecified atom stereocenters. The average molecular weight is 343 g/mol. The second-order valence-electron chi connectivity index (χ2n) is 4.50. The number of para-hydroxylation sites is 1. The van der Waals surface area contributed by atoms with Crippen LogP contribution in [-0.2, 0) is 0 Å². The smallest absolute Gasteiger partial charge is 0.339 e. The van der Waals surface area contributed by atoms with E-state index in [-0.39, 0.29) is 5.56 Å². The number of aromatic nitrogens is 1. The number of anilines is 2. The molecule has 0 atom stereocenters. The van der Waals surface area contributed by atoms with Crippen molar-refractivity contribution in [2.45, 2.75) is 0 Å². The van der Waals surface area contributed by atoms with Gasteiger partial charge in [0.2, 0.25) is 0 Å². The number of carboxylic acids is 1. The largest absolute Gasteiger partial charge is 0.478 e. The maximum atomic E-state index is 11.4. The third kappa shape index (κ3) is 2.73. The van der Waals surface area contributed by atoms with Crippen molar-refractivity contribution in [3.05, 3.63) is 64.8 Å². The van der Waals surface area contributed by atoms with Crippen LogP contribution in [0, 0.1) is 0 Å². The Balaban J connectivity index is 2.16. The normalized spacial score (nSPS) is 10.5. The molecule has 0 aliphatic rings. The molecule has 3 aromatic rings. The minimum atomic E-state index is -1.01. The van der Waals surface area contributed by atoms with Crippen LogP contribution >= 0.6 is 15.9 Å². The number of nitrogens with one attached hydrogen (secondary N) is 1. The molecule has 0 saturated heterocycles. The summed E-state index contributed by atoms with van der Waals surface area (Å²) in [6.07, 6.45) is 1.38. The van der Waals surface area contributed by atoms with Gasteiger partial charge < -0.3 is 10.4 Å². The quantitative estimate of drug-likeness (QED) is 0.738. The summed E-state index contributed by atoms with van der Waals surface area (Å²) in [5.41, 5.74) is 2.27. The Kier molecular flexibility index (Phi) is 3.58. The molecule has 1 aromatic heterocycles. The Hall–Kier alpha value is -2.40. The molecule has 0 fully saturated rings. The summed E-state index contributed by atoms with van der Waals surface area (Å²) in [4.78, 5) is 15.6. The molecule has 0 spiro atoms. The minimum Gasteiger partial charge on any atom is -0.478 e. The molecule has 0 saturated carbocycles. The first-order chi connectivity index (χ1) is 10.1. The lowest BCUT2D eigenvalue weighted by atomic mass is 10.1. The topological polar surface area (TPSA) is 62.2 Å². The number of pyridine rings is 1. The van der Waals surface area contributed by atoms with Crippen LogP contribution < -0.4 is 5.32 Å². The van der Waals surface area contributed by atoms with Gasteiger partial charge in [-0.2, -0.15) is 0 Å². The van der Waals surface area contributed by atoms with Gasteiger partial charge >= 0.3 is 5.97 Å². The lowest BCUT2D eigenvalue weighted by Crippen LogP contribution is -2.04. The lowest BCUT2D eigenvalue weighted by Gasteiger charge is -2.12. The molecular formula is C16H11BrN2O2. The summed E-state index contributed by atoms with van der Waals surface area (Å²) in [7, 11) is 0. The zero-order chi connectivity index (χ0) is 14.8. The van der Waals surface area contributed by atoms with Gasteiger partial charge in [0.25, 0.3) is 0 Å². The Morgan fingerprint density at radius 1 is 1.10 bits per heavy atom. The van der Waals surface area contributed by atoms with Gasteiger partial charge in [0.1, 0.15) is 5.56 Å². The highest BCUT2D eigenvalue weighted by molar-refractivity contribution is 9.10. The summed E-state index contributed by atoms with van der Waals surface area (Å²) >= 11 is 3.38. The highest BCUT2D eigenvalue weighted by Gasteiger charge is 2.14. The number of carboxylic acid groups (broad SMARTS) is 1. The van der Waals surface area contributed by atoms with Crippen LogP contribution in [0.4, 0.5) is 11.4 Å². The Morgan fingerprint density at radius 2 is 1.81 bits per heavy atom. The van der Waals surface area contributed by atoms with Gasteiger partial charge in [0, 0.05) is 21.7 Å². The highest BCUT2D eigenvalue weighted by Crippen LogP contribution is 2.29. The fraction of sp³-hybridized carbons (Fsp3) is 0. The number of halogens is 1. The van der Waals surface area contributed by atoms with Gasteiger partial charge in [0.05, 0.1) is 11.2 Å². The first kappa shape index (κ1) is 13.6. The summed E-state index contributed by atoms with van der Waals surface area (Å²) in [5, 5.41) is 13.3. The number of hydrogen-bond donors (Lipinski definition) is 2. The van der Waals surface area contributed by atoms with E-state index in [0.717, 1.165) is 21.1 Å². The average Bonchev–Trinajstić information content (AvgIpc) is 2.49. The van der Waals surface area contributed by atoms with Gasteiger partial charge in [0.15, 0.2) is 0 Å². The molecule has 2 N–H and O–H groups in total. The van der Waals surface area contributed by atoms with Crippen molar-refractivity contribution in [1.82, 2.24) is 4.98 Å². The van der Waals surface area contributed by atoms with E-state index in [1.54, 1.807) is 0 Å². The number of nitrogens with zero attached hydrogens (tertiary/aromatic N) is 1. The minimum absolute atomic E-state index is 0.150. The number of rotatable bonds is 3. The third-order valence-electron chi connectivity index (χ3n) is 3.12. The molecule has 104 valence electrons. The van der Waals surface area contributed by atoms with E-state index in [1.165, 1.54) is 6.20 Å².